The van der Waals surface area contributed by atoms with E-state index in [-0.39, 0.29) is 11.9 Å². The van der Waals surface area contributed by atoms with E-state index in [1.807, 2.05) is 39.0 Å². The van der Waals surface area contributed by atoms with E-state index < -0.39 is 0 Å². The van der Waals surface area contributed by atoms with Gasteiger partial charge < -0.3 is 19.2 Å². The molecule has 0 saturated heterocycles. The number of rotatable bonds is 8. The van der Waals surface area contributed by atoms with Crippen molar-refractivity contribution in [3.05, 3.63) is 58.3 Å². The third kappa shape index (κ3) is 5.42. The van der Waals surface area contributed by atoms with Crippen molar-refractivity contribution < 1.29 is 18.7 Å². The largest absolute Gasteiger partial charge is 0.493 e. The van der Waals surface area contributed by atoms with Gasteiger partial charge in [-0.25, -0.2) is 0 Å². The Morgan fingerprint density at radius 1 is 1.23 bits per heavy atom. The van der Waals surface area contributed by atoms with Gasteiger partial charge in [-0.1, -0.05) is 29.3 Å². The van der Waals surface area contributed by atoms with E-state index in [0.29, 0.717) is 34.6 Å². The molecule has 1 atom stereocenters. The first-order valence-corrected chi connectivity index (χ1v) is 10.7. The van der Waals surface area contributed by atoms with Crippen LogP contribution in [-0.2, 0) is 9.53 Å². The Labute approximate surface area is 191 Å². The molecule has 7 heteroatoms. The molecule has 0 aliphatic rings. The highest BCUT2D eigenvalue weighted by Gasteiger charge is 2.17. The van der Waals surface area contributed by atoms with Gasteiger partial charge in [0.15, 0.2) is 0 Å². The average molecular weight is 462 g/mol. The number of ether oxygens (including phenoxy) is 2. The number of hydrogen-bond donors (Lipinski definition) is 1. The summed E-state index contributed by atoms with van der Waals surface area (Å²) in [4.78, 5) is 12.4. The van der Waals surface area contributed by atoms with Gasteiger partial charge in [0, 0.05) is 52.4 Å². The summed E-state index contributed by atoms with van der Waals surface area (Å²) in [5.41, 5.74) is 3.89. The van der Waals surface area contributed by atoms with Crippen LogP contribution in [0, 0.1) is 0 Å². The second-order valence-electron chi connectivity index (χ2n) is 7.24. The van der Waals surface area contributed by atoms with Crippen LogP contribution in [0.2, 0.25) is 10.0 Å². The number of methoxy groups -OCH3 is 1. The van der Waals surface area contributed by atoms with Crippen LogP contribution < -0.4 is 10.1 Å². The van der Waals surface area contributed by atoms with Crippen LogP contribution in [0.25, 0.3) is 27.7 Å². The fraction of sp³-hybridized carbons (Fsp3) is 0.292. The van der Waals surface area contributed by atoms with Crippen molar-refractivity contribution >= 4 is 45.7 Å². The molecule has 3 aromatic rings. The molecule has 1 N–H and O–H groups in total. The highest BCUT2D eigenvalue weighted by atomic mass is 35.5. The van der Waals surface area contributed by atoms with Crippen molar-refractivity contribution in [2.45, 2.75) is 26.8 Å². The lowest BCUT2D eigenvalue weighted by atomic mass is 9.99. The number of carbonyl (C=O) groups is 1. The molecule has 31 heavy (non-hydrogen) atoms. The Balaban J connectivity index is 2.06. The summed E-state index contributed by atoms with van der Waals surface area (Å²) in [6, 6.07) is 9.05. The third-order valence-electron chi connectivity index (χ3n) is 4.77. The Morgan fingerprint density at radius 3 is 2.68 bits per heavy atom. The fourth-order valence-electron chi connectivity index (χ4n) is 3.41. The van der Waals surface area contributed by atoms with Crippen LogP contribution in [-0.4, -0.2) is 32.3 Å². The molecular weight excluding hydrogens is 437 g/mol. The lowest BCUT2D eigenvalue weighted by Gasteiger charge is -2.13. The van der Waals surface area contributed by atoms with E-state index in [9.17, 15) is 4.79 Å². The summed E-state index contributed by atoms with van der Waals surface area (Å²) in [5.74, 6) is 0.447. The Hall–Kier alpha value is -2.47. The zero-order valence-electron chi connectivity index (χ0n) is 17.9. The first-order chi connectivity index (χ1) is 14.8. The van der Waals surface area contributed by atoms with Crippen LogP contribution in [0.1, 0.15) is 26.3 Å². The molecule has 0 fully saturated rings. The number of carbonyl (C=O) groups excluding carboxylic acids is 1. The fourth-order valence-corrected chi connectivity index (χ4v) is 3.92. The maximum Gasteiger partial charge on any atom is 0.244 e. The highest BCUT2D eigenvalue weighted by Crippen LogP contribution is 2.40. The topological polar surface area (TPSA) is 60.7 Å². The SMILES string of the molecule is CCOc1cc2occ(-c3ccc(Cl)cc3Cl)c2cc1/C(C)=C/C(=O)NC(C)COC. The van der Waals surface area contributed by atoms with Crippen molar-refractivity contribution in [3.8, 4) is 16.9 Å². The number of hydrogen-bond acceptors (Lipinski definition) is 4. The maximum absolute atomic E-state index is 12.4. The highest BCUT2D eigenvalue weighted by molar-refractivity contribution is 6.36. The molecule has 0 aliphatic heterocycles. The quantitative estimate of drug-likeness (QED) is 0.396. The summed E-state index contributed by atoms with van der Waals surface area (Å²) in [6.45, 7) is 6.59. The van der Waals surface area contributed by atoms with Gasteiger partial charge in [0.25, 0.3) is 0 Å². The molecule has 0 radical (unpaired) electrons. The maximum atomic E-state index is 12.4. The van der Waals surface area contributed by atoms with Gasteiger partial charge in [-0.3, -0.25) is 4.79 Å². The Kier molecular flexibility index (Phi) is 7.65. The van der Waals surface area contributed by atoms with Crippen LogP contribution >= 0.6 is 23.2 Å². The molecule has 1 unspecified atom stereocenters. The van der Waals surface area contributed by atoms with Crippen LogP contribution in [0.15, 0.2) is 47.1 Å². The van der Waals surface area contributed by atoms with Gasteiger partial charge in [-0.2, -0.15) is 0 Å². The van der Waals surface area contributed by atoms with Crippen molar-refractivity contribution in [2.75, 3.05) is 20.3 Å². The number of benzene rings is 2. The Bertz CT molecular complexity index is 1120. The second-order valence-corrected chi connectivity index (χ2v) is 8.09. The molecule has 0 saturated carbocycles. The standard InChI is InChI=1S/C24H25Cl2NO4/c1-5-30-22-11-23-19(20(13-31-23)17-7-6-16(25)9-21(17)26)10-18(22)14(2)8-24(28)27-15(3)12-29-4/h6-11,13,15H,5,12H2,1-4H3,(H,27,28)/b14-8+. The molecule has 0 aliphatic carbocycles. The molecular formula is C24H25Cl2NO4. The number of amides is 1. The second kappa shape index (κ2) is 10.2. The molecule has 1 amide bonds. The summed E-state index contributed by atoms with van der Waals surface area (Å²) < 4.78 is 16.7. The van der Waals surface area contributed by atoms with Crippen molar-refractivity contribution in [2.24, 2.45) is 0 Å². The minimum Gasteiger partial charge on any atom is -0.493 e. The normalized spacial score (nSPS) is 12.8. The lowest BCUT2D eigenvalue weighted by molar-refractivity contribution is -0.117. The summed E-state index contributed by atoms with van der Waals surface area (Å²) >= 11 is 12.5. The average Bonchev–Trinajstić information content (AvgIpc) is 3.10. The van der Waals surface area contributed by atoms with Crippen LogP contribution in [0.3, 0.4) is 0 Å². The van der Waals surface area contributed by atoms with Gasteiger partial charge in [0.2, 0.25) is 5.91 Å². The number of fused-ring (bicyclic) bond motifs is 1. The van der Waals surface area contributed by atoms with E-state index in [1.165, 1.54) is 0 Å². The van der Waals surface area contributed by atoms with E-state index in [1.54, 1.807) is 31.6 Å². The summed E-state index contributed by atoms with van der Waals surface area (Å²) in [6.07, 6.45) is 3.22. The van der Waals surface area contributed by atoms with Crippen molar-refractivity contribution in [3.63, 3.8) is 0 Å². The van der Waals surface area contributed by atoms with E-state index in [4.69, 9.17) is 37.1 Å². The van der Waals surface area contributed by atoms with Crippen LogP contribution in [0.5, 0.6) is 5.75 Å². The Morgan fingerprint density at radius 2 is 2.00 bits per heavy atom. The van der Waals surface area contributed by atoms with Crippen molar-refractivity contribution in [1.29, 1.82) is 0 Å². The van der Waals surface area contributed by atoms with E-state index >= 15 is 0 Å². The molecule has 0 spiro atoms. The van der Waals surface area contributed by atoms with E-state index in [0.717, 1.165) is 27.6 Å². The summed E-state index contributed by atoms with van der Waals surface area (Å²) in [5, 5.41) is 4.85. The minimum absolute atomic E-state index is 0.0945. The van der Waals surface area contributed by atoms with Gasteiger partial charge in [0.1, 0.15) is 11.3 Å². The predicted molar refractivity (Wildman–Crippen MR) is 126 cm³/mol. The third-order valence-corrected chi connectivity index (χ3v) is 5.32. The first kappa shape index (κ1) is 23.2. The van der Waals surface area contributed by atoms with Gasteiger partial charge in [-0.15, -0.1) is 0 Å². The first-order valence-electron chi connectivity index (χ1n) is 9.95. The number of furan rings is 1. The monoisotopic (exact) mass is 461 g/mol. The minimum atomic E-state index is -0.197. The zero-order valence-corrected chi connectivity index (χ0v) is 19.4. The predicted octanol–water partition coefficient (Wildman–Crippen LogP) is 6.36. The molecule has 5 nitrogen and oxygen atoms in total. The molecule has 1 aromatic heterocycles. The van der Waals surface area contributed by atoms with Gasteiger partial charge in [-0.05, 0) is 44.5 Å². The molecule has 2 aromatic carbocycles. The van der Waals surface area contributed by atoms with Gasteiger partial charge >= 0.3 is 0 Å². The number of allylic oxidation sites excluding steroid dienone is 1. The zero-order chi connectivity index (χ0) is 22.5. The number of nitrogens with one attached hydrogen (secondary N) is 1. The van der Waals surface area contributed by atoms with Crippen LogP contribution in [0.4, 0.5) is 0 Å². The van der Waals surface area contributed by atoms with Crippen molar-refractivity contribution in [1.82, 2.24) is 5.32 Å². The molecule has 164 valence electrons. The molecule has 3 rings (SSSR count). The summed E-state index contributed by atoms with van der Waals surface area (Å²) in [7, 11) is 1.60. The number of halogens is 2. The molecule has 0 bridgehead atoms. The molecule has 1 heterocycles. The lowest BCUT2D eigenvalue weighted by Crippen LogP contribution is -2.34. The smallest absolute Gasteiger partial charge is 0.244 e. The van der Waals surface area contributed by atoms with E-state index in [2.05, 4.69) is 5.32 Å². The van der Waals surface area contributed by atoms with Gasteiger partial charge in [0.05, 0.1) is 24.5 Å².